The minimum Gasteiger partial charge on any atom is -0.359 e. The molecule has 1 aromatic rings. The van der Waals surface area contributed by atoms with Crippen molar-refractivity contribution in [1.29, 1.82) is 0 Å². The molecule has 0 saturated heterocycles. The number of carbonyl (C=O) groups excluding carboxylic acids is 1. The van der Waals surface area contributed by atoms with Crippen molar-refractivity contribution in [3.8, 4) is 0 Å². The molecule has 0 spiro atoms. The normalized spacial score (nSPS) is 16.1. The summed E-state index contributed by atoms with van der Waals surface area (Å²) in [7, 11) is 0. The van der Waals surface area contributed by atoms with Crippen LogP contribution in [0.4, 0.5) is 0 Å². The summed E-state index contributed by atoms with van der Waals surface area (Å²) in [5.74, 6) is -0.0823. The van der Waals surface area contributed by atoms with Crippen LogP contribution in [0.5, 0.6) is 0 Å². The summed E-state index contributed by atoms with van der Waals surface area (Å²) in [6.07, 6.45) is 4.79. The molecule has 6 heteroatoms. The van der Waals surface area contributed by atoms with Gasteiger partial charge in [0.25, 0.3) is 5.91 Å². The van der Waals surface area contributed by atoms with Crippen LogP contribution in [0.2, 0.25) is 0 Å². The van der Waals surface area contributed by atoms with Crippen molar-refractivity contribution < 1.29 is 4.79 Å². The van der Waals surface area contributed by atoms with Gasteiger partial charge in [-0.25, -0.2) is 0 Å². The largest absolute Gasteiger partial charge is 0.359 e. The van der Waals surface area contributed by atoms with Crippen molar-refractivity contribution >= 4 is 35.0 Å². The van der Waals surface area contributed by atoms with Gasteiger partial charge in [-0.1, -0.05) is 30.5 Å². The first kappa shape index (κ1) is 17.1. The second kappa shape index (κ2) is 8.39. The van der Waals surface area contributed by atoms with Crippen molar-refractivity contribution in [2.75, 3.05) is 0 Å². The van der Waals surface area contributed by atoms with Gasteiger partial charge in [0, 0.05) is 10.9 Å². The number of benzene rings is 1. The van der Waals surface area contributed by atoms with Gasteiger partial charge in [0.05, 0.1) is 5.25 Å². The lowest BCUT2D eigenvalue weighted by Crippen LogP contribution is -2.50. The van der Waals surface area contributed by atoms with Crippen LogP contribution in [0, 0.1) is 6.92 Å². The van der Waals surface area contributed by atoms with E-state index >= 15 is 0 Å². The quantitative estimate of drug-likeness (QED) is 0.448. The summed E-state index contributed by atoms with van der Waals surface area (Å²) in [5.41, 5.74) is 6.68. The van der Waals surface area contributed by atoms with E-state index in [4.69, 9.17) is 12.2 Å². The predicted octanol–water partition coefficient (Wildman–Crippen LogP) is 2.91. The molecule has 1 aliphatic carbocycles. The van der Waals surface area contributed by atoms with Crippen molar-refractivity contribution in [2.24, 2.45) is 0 Å². The minimum atomic E-state index is -0.190. The topological polar surface area (TPSA) is 53.2 Å². The molecular weight excluding hydrogens is 314 g/mol. The zero-order valence-corrected chi connectivity index (χ0v) is 14.7. The van der Waals surface area contributed by atoms with E-state index in [0.717, 1.165) is 17.7 Å². The highest BCUT2D eigenvalue weighted by Gasteiger charge is 2.17. The summed E-state index contributed by atoms with van der Waals surface area (Å²) >= 11 is 6.73. The Morgan fingerprint density at radius 1 is 1.23 bits per heavy atom. The van der Waals surface area contributed by atoms with Crippen LogP contribution in [-0.2, 0) is 4.79 Å². The maximum Gasteiger partial charge on any atom is 0.251 e. The SMILES string of the molecule is Cc1ccc(S[C@H](C)C(=O)NNC(=S)NC2CCCC2)cc1. The van der Waals surface area contributed by atoms with Crippen LogP contribution in [0.15, 0.2) is 29.2 Å². The van der Waals surface area contributed by atoms with Crippen molar-refractivity contribution in [3.05, 3.63) is 29.8 Å². The molecule has 120 valence electrons. The number of carbonyl (C=O) groups is 1. The Kier molecular flexibility index (Phi) is 6.51. The third-order valence-corrected chi connectivity index (χ3v) is 5.02. The van der Waals surface area contributed by atoms with E-state index in [1.54, 1.807) is 0 Å². The van der Waals surface area contributed by atoms with Crippen LogP contribution in [0.1, 0.15) is 38.2 Å². The Morgan fingerprint density at radius 2 is 1.86 bits per heavy atom. The van der Waals surface area contributed by atoms with Gasteiger partial charge in [0.1, 0.15) is 0 Å². The lowest BCUT2D eigenvalue weighted by molar-refractivity contribution is -0.120. The molecular formula is C16H23N3OS2. The number of hydrogen-bond donors (Lipinski definition) is 3. The second-order valence-corrected chi connectivity index (χ2v) is 7.46. The Labute approximate surface area is 141 Å². The van der Waals surface area contributed by atoms with E-state index in [0.29, 0.717) is 11.2 Å². The molecule has 1 aliphatic rings. The number of amides is 1. The summed E-state index contributed by atoms with van der Waals surface area (Å²) in [4.78, 5) is 13.2. The Bertz CT molecular complexity index is 513. The average molecular weight is 338 g/mol. The molecule has 2 rings (SSSR count). The predicted molar refractivity (Wildman–Crippen MR) is 95.8 cm³/mol. The number of thioether (sulfide) groups is 1. The van der Waals surface area contributed by atoms with Gasteiger partial charge in [-0.15, -0.1) is 11.8 Å². The van der Waals surface area contributed by atoms with Crippen molar-refractivity contribution in [3.63, 3.8) is 0 Å². The summed E-state index contributed by atoms with van der Waals surface area (Å²) in [6.45, 7) is 3.93. The maximum atomic E-state index is 12.1. The third-order valence-electron chi connectivity index (χ3n) is 3.69. The van der Waals surface area contributed by atoms with Crippen molar-refractivity contribution in [2.45, 2.75) is 55.7 Å². The standard InChI is InChI=1S/C16H23N3OS2/c1-11-7-9-14(10-8-11)22-12(2)15(20)18-19-16(21)17-13-5-3-4-6-13/h7-10,12-13H,3-6H2,1-2H3,(H,18,20)(H2,17,19,21)/t12-/m1/s1. The van der Waals surface area contributed by atoms with Gasteiger partial charge in [0.2, 0.25) is 0 Å². The molecule has 0 aromatic heterocycles. The van der Waals surface area contributed by atoms with E-state index < -0.39 is 0 Å². The van der Waals surface area contributed by atoms with Gasteiger partial charge in [-0.05, 0) is 51.0 Å². The highest BCUT2D eigenvalue weighted by Crippen LogP contribution is 2.23. The van der Waals surface area contributed by atoms with Gasteiger partial charge in [-0.3, -0.25) is 15.6 Å². The fourth-order valence-corrected chi connectivity index (χ4v) is 3.47. The molecule has 1 fully saturated rings. The first-order valence-corrected chi connectivity index (χ1v) is 8.93. The fraction of sp³-hybridized carbons (Fsp3) is 0.500. The highest BCUT2D eigenvalue weighted by molar-refractivity contribution is 8.00. The molecule has 1 saturated carbocycles. The lowest BCUT2D eigenvalue weighted by atomic mass is 10.2. The molecule has 4 nitrogen and oxygen atoms in total. The summed E-state index contributed by atoms with van der Waals surface area (Å²) in [5, 5.41) is 3.53. The molecule has 0 bridgehead atoms. The highest BCUT2D eigenvalue weighted by atomic mass is 32.2. The molecule has 0 radical (unpaired) electrons. The van der Waals surface area contributed by atoms with Crippen LogP contribution in [0.3, 0.4) is 0 Å². The Hall–Kier alpha value is -1.27. The van der Waals surface area contributed by atoms with E-state index in [9.17, 15) is 4.79 Å². The molecule has 1 amide bonds. The van der Waals surface area contributed by atoms with E-state index in [1.165, 1.54) is 30.2 Å². The van der Waals surface area contributed by atoms with Crippen LogP contribution in [-0.4, -0.2) is 22.3 Å². The minimum absolute atomic E-state index is 0.0823. The molecule has 0 heterocycles. The van der Waals surface area contributed by atoms with Gasteiger partial charge in [-0.2, -0.15) is 0 Å². The molecule has 0 unspecified atom stereocenters. The summed E-state index contributed by atoms with van der Waals surface area (Å²) in [6, 6.07) is 8.60. The van der Waals surface area contributed by atoms with Gasteiger partial charge in [0.15, 0.2) is 5.11 Å². The van der Waals surface area contributed by atoms with E-state index in [-0.39, 0.29) is 11.2 Å². The Morgan fingerprint density at radius 3 is 2.50 bits per heavy atom. The van der Waals surface area contributed by atoms with Crippen LogP contribution < -0.4 is 16.2 Å². The fourth-order valence-electron chi connectivity index (χ4n) is 2.39. The van der Waals surface area contributed by atoms with E-state index in [2.05, 4.69) is 16.2 Å². The molecule has 1 aromatic carbocycles. The lowest BCUT2D eigenvalue weighted by Gasteiger charge is -2.17. The first-order chi connectivity index (χ1) is 10.5. The van der Waals surface area contributed by atoms with E-state index in [1.807, 2.05) is 38.1 Å². The number of hydrazine groups is 1. The molecule has 0 aliphatic heterocycles. The molecule has 22 heavy (non-hydrogen) atoms. The Balaban J connectivity index is 1.71. The first-order valence-electron chi connectivity index (χ1n) is 7.64. The average Bonchev–Trinajstić information content (AvgIpc) is 3.00. The number of nitrogens with one attached hydrogen (secondary N) is 3. The zero-order valence-electron chi connectivity index (χ0n) is 13.0. The second-order valence-electron chi connectivity index (χ2n) is 5.64. The number of hydrogen-bond acceptors (Lipinski definition) is 3. The monoisotopic (exact) mass is 337 g/mol. The smallest absolute Gasteiger partial charge is 0.251 e. The molecule has 3 N–H and O–H groups in total. The number of rotatable bonds is 4. The zero-order chi connectivity index (χ0) is 15.9. The number of aryl methyl sites for hydroxylation is 1. The van der Waals surface area contributed by atoms with Gasteiger partial charge < -0.3 is 5.32 Å². The number of thiocarbonyl (C=S) groups is 1. The van der Waals surface area contributed by atoms with Crippen LogP contribution >= 0.6 is 24.0 Å². The third kappa shape index (κ3) is 5.50. The van der Waals surface area contributed by atoms with Gasteiger partial charge >= 0.3 is 0 Å². The summed E-state index contributed by atoms with van der Waals surface area (Å²) < 4.78 is 0. The maximum absolute atomic E-state index is 12.1. The van der Waals surface area contributed by atoms with Crippen LogP contribution in [0.25, 0.3) is 0 Å². The van der Waals surface area contributed by atoms with Crippen molar-refractivity contribution in [1.82, 2.24) is 16.2 Å². The molecule has 1 atom stereocenters.